The Labute approximate surface area is 202 Å². The van der Waals surface area contributed by atoms with E-state index >= 15 is 0 Å². The van der Waals surface area contributed by atoms with Gasteiger partial charge in [0.05, 0.1) is 17.6 Å². The van der Waals surface area contributed by atoms with E-state index in [0.29, 0.717) is 17.1 Å². The summed E-state index contributed by atoms with van der Waals surface area (Å²) in [7, 11) is 0. The Kier molecular flexibility index (Phi) is 9.30. The number of allylic oxidation sites excluding steroid dienone is 1. The highest BCUT2D eigenvalue weighted by Crippen LogP contribution is 2.31. The molecular weight excluding hydrogens is 432 g/mol. The van der Waals surface area contributed by atoms with Crippen molar-refractivity contribution in [1.29, 1.82) is 0 Å². The zero-order chi connectivity index (χ0) is 25.5. The standard InChI is InChI=1S/C28H36O6/c1-18(2)33-25-16-26(34-19(3)4)22(15-20(25)5)11-14-24(29)21-9-12-23(13-10-21)31-17-32-27(30)28(6,7)8/h9-16,18-19H,17H2,1-8H3/b14-11+. The van der Waals surface area contributed by atoms with Gasteiger partial charge >= 0.3 is 5.97 Å². The van der Waals surface area contributed by atoms with Crippen molar-refractivity contribution in [2.24, 2.45) is 5.41 Å². The maximum absolute atomic E-state index is 12.7. The molecule has 0 amide bonds. The van der Waals surface area contributed by atoms with E-state index in [1.165, 1.54) is 6.08 Å². The highest BCUT2D eigenvalue weighted by molar-refractivity contribution is 6.07. The monoisotopic (exact) mass is 468 g/mol. The first-order valence-corrected chi connectivity index (χ1v) is 11.5. The van der Waals surface area contributed by atoms with Crippen molar-refractivity contribution in [3.8, 4) is 17.2 Å². The molecule has 0 unspecified atom stereocenters. The highest BCUT2D eigenvalue weighted by atomic mass is 16.7. The first-order chi connectivity index (χ1) is 15.9. The molecule has 2 rings (SSSR count). The fraction of sp³-hybridized carbons (Fsp3) is 0.429. The summed E-state index contributed by atoms with van der Waals surface area (Å²) in [6.07, 6.45) is 3.30. The predicted molar refractivity (Wildman–Crippen MR) is 134 cm³/mol. The molecule has 0 saturated carbocycles. The molecule has 0 aliphatic carbocycles. The molecular formula is C28H36O6. The first-order valence-electron chi connectivity index (χ1n) is 11.5. The van der Waals surface area contributed by atoms with Crippen molar-refractivity contribution in [3.63, 3.8) is 0 Å². The number of ether oxygens (including phenoxy) is 4. The van der Waals surface area contributed by atoms with Gasteiger partial charge in [-0.2, -0.15) is 0 Å². The minimum Gasteiger partial charge on any atom is -0.491 e. The number of ketones is 1. The van der Waals surface area contributed by atoms with Crippen molar-refractivity contribution in [3.05, 3.63) is 59.2 Å². The van der Waals surface area contributed by atoms with Gasteiger partial charge in [0.25, 0.3) is 0 Å². The van der Waals surface area contributed by atoms with E-state index in [2.05, 4.69) is 0 Å². The van der Waals surface area contributed by atoms with Gasteiger partial charge in [-0.3, -0.25) is 9.59 Å². The van der Waals surface area contributed by atoms with Crippen molar-refractivity contribution < 1.29 is 28.5 Å². The molecule has 184 valence electrons. The molecule has 0 radical (unpaired) electrons. The molecule has 34 heavy (non-hydrogen) atoms. The second kappa shape index (κ2) is 11.7. The van der Waals surface area contributed by atoms with E-state index < -0.39 is 5.41 Å². The lowest BCUT2D eigenvalue weighted by atomic mass is 9.98. The fourth-order valence-electron chi connectivity index (χ4n) is 2.90. The Morgan fingerprint density at radius 3 is 2.06 bits per heavy atom. The summed E-state index contributed by atoms with van der Waals surface area (Å²) < 4.78 is 22.4. The molecule has 0 heterocycles. The lowest BCUT2D eigenvalue weighted by Gasteiger charge is -2.18. The second-order valence-corrected chi connectivity index (χ2v) is 9.65. The largest absolute Gasteiger partial charge is 0.491 e. The number of hydrogen-bond donors (Lipinski definition) is 0. The molecule has 2 aromatic rings. The molecule has 0 aliphatic heterocycles. The van der Waals surface area contributed by atoms with Crippen molar-refractivity contribution >= 4 is 17.8 Å². The zero-order valence-corrected chi connectivity index (χ0v) is 21.4. The lowest BCUT2D eigenvalue weighted by Crippen LogP contribution is -2.24. The molecule has 0 bridgehead atoms. The van der Waals surface area contributed by atoms with Gasteiger partial charge in [0.2, 0.25) is 6.79 Å². The van der Waals surface area contributed by atoms with Gasteiger partial charge in [0.15, 0.2) is 5.78 Å². The minimum atomic E-state index is -0.591. The minimum absolute atomic E-state index is 0.0207. The Bertz CT molecular complexity index is 1010. The summed E-state index contributed by atoms with van der Waals surface area (Å²) in [5, 5.41) is 0. The molecule has 0 spiro atoms. The topological polar surface area (TPSA) is 71.1 Å². The van der Waals surface area contributed by atoms with Gasteiger partial charge < -0.3 is 18.9 Å². The maximum atomic E-state index is 12.7. The number of carbonyl (C=O) groups is 2. The Morgan fingerprint density at radius 1 is 0.912 bits per heavy atom. The quantitative estimate of drug-likeness (QED) is 0.174. The van der Waals surface area contributed by atoms with Crippen molar-refractivity contribution in [1.82, 2.24) is 0 Å². The normalized spacial score (nSPS) is 11.7. The molecule has 0 aliphatic rings. The van der Waals surface area contributed by atoms with Gasteiger partial charge in [0.1, 0.15) is 17.2 Å². The number of rotatable bonds is 10. The molecule has 0 aromatic heterocycles. The molecule has 0 fully saturated rings. The predicted octanol–water partition coefficient (Wildman–Crippen LogP) is 6.39. The third-order valence-corrected chi connectivity index (χ3v) is 4.61. The molecule has 6 nitrogen and oxygen atoms in total. The summed E-state index contributed by atoms with van der Waals surface area (Å²) >= 11 is 0. The van der Waals surface area contributed by atoms with E-state index in [0.717, 1.165) is 16.9 Å². The number of aryl methyl sites for hydroxylation is 1. The SMILES string of the molecule is Cc1cc(/C=C/C(=O)c2ccc(OCOC(=O)C(C)(C)C)cc2)c(OC(C)C)cc1OC(C)C. The summed E-state index contributed by atoms with van der Waals surface area (Å²) in [4.78, 5) is 24.5. The van der Waals surface area contributed by atoms with E-state index in [-0.39, 0.29) is 30.8 Å². The Hall–Kier alpha value is -3.28. The number of carbonyl (C=O) groups excluding carboxylic acids is 2. The Balaban J connectivity index is 2.10. The van der Waals surface area contributed by atoms with Crippen LogP contribution in [-0.4, -0.2) is 30.8 Å². The van der Waals surface area contributed by atoms with E-state index in [9.17, 15) is 9.59 Å². The summed E-state index contributed by atoms with van der Waals surface area (Å²) in [6.45, 7) is 15.0. The van der Waals surface area contributed by atoms with Crippen molar-refractivity contribution in [2.75, 3.05) is 6.79 Å². The average Bonchev–Trinajstić information content (AvgIpc) is 2.73. The van der Waals surface area contributed by atoms with Crippen LogP contribution in [0.5, 0.6) is 17.2 Å². The van der Waals surface area contributed by atoms with Crippen LogP contribution in [-0.2, 0) is 9.53 Å². The summed E-state index contributed by atoms with van der Waals surface area (Å²) in [6, 6.07) is 10.5. The van der Waals surface area contributed by atoms with Crippen LogP contribution in [0.1, 0.15) is 70.0 Å². The van der Waals surface area contributed by atoms with Crippen LogP contribution in [0.15, 0.2) is 42.5 Å². The average molecular weight is 469 g/mol. The first kappa shape index (κ1) is 27.0. The smallest absolute Gasteiger partial charge is 0.314 e. The van der Waals surface area contributed by atoms with Crippen LogP contribution in [0.25, 0.3) is 6.08 Å². The lowest BCUT2D eigenvalue weighted by molar-refractivity contribution is -0.159. The Morgan fingerprint density at radius 2 is 1.50 bits per heavy atom. The van der Waals surface area contributed by atoms with Gasteiger partial charge in [-0.25, -0.2) is 0 Å². The van der Waals surface area contributed by atoms with Crippen LogP contribution in [0.2, 0.25) is 0 Å². The molecule has 6 heteroatoms. The number of benzene rings is 2. The van der Waals surface area contributed by atoms with Gasteiger partial charge in [-0.05, 0) is 103 Å². The van der Waals surface area contributed by atoms with Gasteiger partial charge in [-0.1, -0.05) is 0 Å². The molecule has 2 aromatic carbocycles. The summed E-state index contributed by atoms with van der Waals surface area (Å²) in [5.74, 6) is 1.43. The number of hydrogen-bond acceptors (Lipinski definition) is 6. The van der Waals surface area contributed by atoms with E-state index in [4.69, 9.17) is 18.9 Å². The third kappa shape index (κ3) is 8.25. The van der Waals surface area contributed by atoms with Crippen molar-refractivity contribution in [2.45, 2.75) is 67.6 Å². The van der Waals surface area contributed by atoms with Crippen LogP contribution < -0.4 is 14.2 Å². The van der Waals surface area contributed by atoms with Crippen LogP contribution in [0.4, 0.5) is 0 Å². The van der Waals surface area contributed by atoms with Crippen LogP contribution in [0.3, 0.4) is 0 Å². The van der Waals surface area contributed by atoms with E-state index in [1.807, 2.05) is 46.8 Å². The van der Waals surface area contributed by atoms with E-state index in [1.54, 1.807) is 51.1 Å². The second-order valence-electron chi connectivity index (χ2n) is 9.65. The van der Waals surface area contributed by atoms with Gasteiger partial charge in [-0.15, -0.1) is 0 Å². The van der Waals surface area contributed by atoms with Gasteiger partial charge in [0, 0.05) is 17.2 Å². The highest BCUT2D eigenvalue weighted by Gasteiger charge is 2.23. The molecule has 0 N–H and O–H groups in total. The zero-order valence-electron chi connectivity index (χ0n) is 21.4. The fourth-order valence-corrected chi connectivity index (χ4v) is 2.90. The number of esters is 1. The maximum Gasteiger partial charge on any atom is 0.314 e. The van der Waals surface area contributed by atoms with Crippen LogP contribution >= 0.6 is 0 Å². The van der Waals surface area contributed by atoms with Crippen LogP contribution in [0, 0.1) is 12.3 Å². The molecule has 0 atom stereocenters. The molecule has 0 saturated heterocycles. The summed E-state index contributed by atoms with van der Waals surface area (Å²) in [5.41, 5.74) is 1.69. The third-order valence-electron chi connectivity index (χ3n) is 4.61.